The Morgan fingerprint density at radius 2 is 0.376 bits per heavy atom. The second kappa shape index (κ2) is 40.0. The van der Waals surface area contributed by atoms with Gasteiger partial charge >= 0.3 is 0 Å². The monoisotopic (exact) mass is 1400 g/mol. The molecule has 0 atom stereocenters. The molecule has 0 heterocycles. The average Bonchev–Trinajstić information content (AvgIpc) is 1.39. The lowest BCUT2D eigenvalue weighted by molar-refractivity contribution is 0.865. The molecule has 4 aromatic carbocycles. The molecule has 512 valence electrons. The summed E-state index contributed by atoms with van der Waals surface area (Å²) in [6.45, 7) is 64.8. The van der Waals surface area contributed by atoms with Crippen LogP contribution in [-0.2, 0) is 25.7 Å². The first-order valence-electron chi connectivity index (χ1n) is 37.3. The van der Waals surface area contributed by atoms with Gasteiger partial charge in [-0.05, 0) is 96.3 Å². The summed E-state index contributed by atoms with van der Waals surface area (Å²) in [4.78, 5) is 0. The number of hydrogen-bond acceptors (Lipinski definition) is 0. The number of rotatable bonds is 52. The van der Waals surface area contributed by atoms with E-state index in [1.54, 1.807) is 20.7 Å². The van der Waals surface area contributed by atoms with E-state index in [2.05, 4.69) is 277 Å². The molecule has 0 bridgehead atoms. The zero-order chi connectivity index (χ0) is 68.7. The van der Waals surface area contributed by atoms with E-state index in [1.165, 1.54) is 220 Å². The average molecular weight is 1400 g/mol. The first-order chi connectivity index (χ1) is 44.0. The van der Waals surface area contributed by atoms with Crippen LogP contribution >= 0.6 is 0 Å². The van der Waals surface area contributed by atoms with E-state index < -0.39 is 72.7 Å². The maximum absolute atomic E-state index is 4.12. The van der Waals surface area contributed by atoms with Crippen LogP contribution in [0.2, 0.25) is 199 Å². The second-order valence-electron chi connectivity index (χ2n) is 33.8. The van der Waals surface area contributed by atoms with Crippen molar-refractivity contribution in [1.82, 2.24) is 0 Å². The van der Waals surface area contributed by atoms with Crippen LogP contribution in [0.15, 0.2) is 198 Å². The smallest absolute Gasteiger partial charge is 0.0806 e. The third-order valence-corrected chi connectivity index (χ3v) is 59.2. The van der Waals surface area contributed by atoms with Gasteiger partial charge < -0.3 is 0 Å². The molecule has 0 fully saturated rings. The molecule has 0 N–H and O–H groups in total. The van der Waals surface area contributed by atoms with E-state index in [1.807, 2.05) is 0 Å². The molecular weight excluding hydrogens is 1260 g/mol. The molecule has 0 unspecified atom stereocenters. The molecule has 4 aromatic rings. The van der Waals surface area contributed by atoms with Gasteiger partial charge in [-0.15, -0.1) is 52.6 Å². The molecule has 0 spiro atoms. The minimum atomic E-state index is -1.75. The Balaban J connectivity index is 1.64. The quantitative estimate of drug-likeness (QED) is 0.0305. The lowest BCUT2D eigenvalue weighted by Crippen LogP contribution is -2.44. The molecule has 0 aromatic heterocycles. The van der Waals surface area contributed by atoms with Crippen LogP contribution in [0.4, 0.5) is 0 Å². The summed E-state index contributed by atoms with van der Waals surface area (Å²) in [6.07, 6.45) is 32.8. The van der Waals surface area contributed by atoms with Gasteiger partial charge in [0, 0.05) is 0 Å². The number of hydrogen-bond donors (Lipinski definition) is 0. The molecule has 0 saturated heterocycles. The van der Waals surface area contributed by atoms with Crippen molar-refractivity contribution in [2.24, 2.45) is 0 Å². The minimum Gasteiger partial charge on any atom is -0.103 e. The van der Waals surface area contributed by atoms with Gasteiger partial charge in [0.1, 0.15) is 0 Å². The van der Waals surface area contributed by atoms with Crippen molar-refractivity contribution in [3.05, 3.63) is 221 Å². The van der Waals surface area contributed by atoms with Crippen LogP contribution in [0.25, 0.3) is 0 Å². The zero-order valence-corrected chi connectivity index (χ0v) is 71.6. The first kappa shape index (κ1) is 82.2. The number of benzene rings is 4. The Morgan fingerprint density at radius 1 is 0.215 bits per heavy atom. The summed E-state index contributed by atoms with van der Waals surface area (Å²) in [5.41, 5.74) is 6.08. The molecule has 4 rings (SSSR count). The van der Waals surface area contributed by atoms with Crippen LogP contribution < -0.4 is 20.7 Å². The fraction of sp³-hybridized carbons (Fsp3) is 0.524. The Labute approximate surface area is 585 Å². The summed E-state index contributed by atoms with van der Waals surface area (Å²) in [5, 5.41) is 6.65. The molecule has 0 radical (unpaired) electrons. The van der Waals surface area contributed by atoms with Crippen molar-refractivity contribution in [2.75, 3.05) is 0 Å². The molecule has 9 heteroatoms. The highest BCUT2D eigenvalue weighted by Gasteiger charge is 2.37. The lowest BCUT2D eigenvalue weighted by Gasteiger charge is -2.37. The predicted molar refractivity (Wildman–Crippen MR) is 456 cm³/mol. The van der Waals surface area contributed by atoms with Gasteiger partial charge in [-0.25, -0.2) is 0 Å². The van der Waals surface area contributed by atoms with Gasteiger partial charge in [0.05, 0.1) is 72.7 Å². The Morgan fingerprint density at radius 3 is 0.527 bits per heavy atom. The van der Waals surface area contributed by atoms with Crippen molar-refractivity contribution in [2.45, 2.75) is 276 Å². The standard InChI is InChI=1S/C84H140Si9/c1-21-57-89(17,58-22-2)69-29-37-77-41-49-81(50-42-77)85(9,10)65-33-73-93(74-34-66-86(11,12)82-51-43-78(44-52-82)38-30-70-90(18,59-23-3)60-24-4,75-35-67-87(13,14)83-53-45-79(46-54-83)39-31-71-91(19,61-25-5)62-26-6)76-36-68-88(15,16)84-55-47-80(48-56-84)40-32-72-92(20,63-27-7)64-28-8/h21-28,41-56H,1-8,29-40,57-76H2,9-20H3. The molecular formula is C84H140Si9. The van der Waals surface area contributed by atoms with Crippen molar-refractivity contribution in [3.8, 4) is 0 Å². The molecule has 0 aliphatic heterocycles. The summed E-state index contributed by atoms with van der Waals surface area (Å²) in [7, 11) is -13.9. The fourth-order valence-electron chi connectivity index (χ4n) is 16.3. The lowest BCUT2D eigenvalue weighted by atomic mass is 10.1. The van der Waals surface area contributed by atoms with E-state index in [9.17, 15) is 0 Å². The Kier molecular flexibility index (Phi) is 35.3. The zero-order valence-electron chi connectivity index (χ0n) is 62.6. The highest BCUT2D eigenvalue weighted by Crippen LogP contribution is 2.38. The van der Waals surface area contributed by atoms with Crippen LogP contribution in [0.5, 0.6) is 0 Å². The van der Waals surface area contributed by atoms with Crippen molar-refractivity contribution >= 4 is 93.4 Å². The topological polar surface area (TPSA) is 0 Å². The van der Waals surface area contributed by atoms with Crippen molar-refractivity contribution in [3.63, 3.8) is 0 Å². The van der Waals surface area contributed by atoms with E-state index in [4.69, 9.17) is 0 Å². The summed E-state index contributed by atoms with van der Waals surface area (Å²) < 4.78 is 0. The number of aryl methyl sites for hydroxylation is 4. The Hall–Kier alpha value is -3.25. The van der Waals surface area contributed by atoms with Gasteiger partial charge in [-0.2, -0.15) is 0 Å². The normalized spacial score (nSPS) is 12.9. The molecule has 0 nitrogen and oxygen atoms in total. The Bertz CT molecular complexity index is 2430. The maximum atomic E-state index is 4.12. The van der Waals surface area contributed by atoms with E-state index in [0.717, 1.165) is 0 Å². The van der Waals surface area contributed by atoms with Gasteiger partial charge in [0.15, 0.2) is 0 Å². The first-order valence-corrected chi connectivity index (χ1v) is 65.4. The summed E-state index contributed by atoms with van der Waals surface area (Å²) in [6, 6.07) is 67.2. The SMILES string of the molecule is C=CC[Si](C)(CC=C)CCCc1ccc([Si](C)(C)CCC[Si](CCC[Si](C)(C)c2ccc(CCC[Si](C)(CC=C)CC=C)cc2)(CCC[Si](C)(C)c2ccc(CCC[Si](C)(CC=C)CC=C)cc2)CCC[Si](C)(C)c2ccc(CCC[Si](C)(CC=C)CC=C)cc2)cc1. The molecule has 0 aliphatic rings. The highest BCUT2D eigenvalue weighted by atomic mass is 28.3. The van der Waals surface area contributed by atoms with E-state index >= 15 is 0 Å². The van der Waals surface area contributed by atoms with Gasteiger partial charge in [-0.1, -0.05) is 369 Å². The fourth-order valence-corrected chi connectivity index (χ4v) is 44.5. The molecule has 0 amide bonds. The molecule has 0 saturated carbocycles. The third kappa shape index (κ3) is 28.6. The van der Waals surface area contributed by atoms with Crippen molar-refractivity contribution in [1.29, 1.82) is 0 Å². The van der Waals surface area contributed by atoms with Gasteiger partial charge in [0.2, 0.25) is 0 Å². The highest BCUT2D eigenvalue weighted by molar-refractivity contribution is 6.92. The van der Waals surface area contributed by atoms with E-state index in [0.29, 0.717) is 0 Å². The van der Waals surface area contributed by atoms with Gasteiger partial charge in [-0.3, -0.25) is 0 Å². The van der Waals surface area contributed by atoms with Crippen molar-refractivity contribution < 1.29 is 0 Å². The van der Waals surface area contributed by atoms with Crippen LogP contribution in [0, 0.1) is 0 Å². The van der Waals surface area contributed by atoms with Crippen LogP contribution in [0.1, 0.15) is 73.6 Å². The van der Waals surface area contributed by atoms with Crippen LogP contribution in [-0.4, -0.2) is 72.7 Å². The largest absolute Gasteiger partial charge is 0.103 e. The summed E-state index contributed by atoms with van der Waals surface area (Å²) in [5.74, 6) is 0. The predicted octanol–water partition coefficient (Wildman–Crippen LogP) is 25.0. The minimum absolute atomic E-state index is 1.19. The summed E-state index contributed by atoms with van der Waals surface area (Å²) >= 11 is 0. The number of allylic oxidation sites excluding steroid dienone is 8. The van der Waals surface area contributed by atoms with E-state index in [-0.39, 0.29) is 0 Å². The van der Waals surface area contributed by atoms with Crippen LogP contribution in [0.3, 0.4) is 0 Å². The van der Waals surface area contributed by atoms with Gasteiger partial charge in [0.25, 0.3) is 0 Å². The third-order valence-electron chi connectivity index (χ3n) is 23.1. The second-order valence-corrected chi connectivity index (χ2v) is 78.0. The molecule has 93 heavy (non-hydrogen) atoms. The molecule has 0 aliphatic carbocycles. The maximum Gasteiger partial charge on any atom is 0.0806 e.